The van der Waals surface area contributed by atoms with Gasteiger partial charge in [0.15, 0.2) is 0 Å². The van der Waals surface area contributed by atoms with Gasteiger partial charge in [-0.1, -0.05) is 34.1 Å². The smallest absolute Gasteiger partial charge is 0.0486 e. The lowest BCUT2D eigenvalue weighted by Crippen LogP contribution is -2.30. The van der Waals surface area contributed by atoms with Gasteiger partial charge in [0.1, 0.15) is 0 Å². The summed E-state index contributed by atoms with van der Waals surface area (Å²) in [7, 11) is 2.09. The molecular weight excluding hydrogens is 302 g/mol. The summed E-state index contributed by atoms with van der Waals surface area (Å²) >= 11 is 3.45. The molecule has 0 amide bonds. The van der Waals surface area contributed by atoms with Crippen LogP contribution in [0.4, 0.5) is 0 Å². The molecule has 0 saturated carbocycles. The van der Waals surface area contributed by atoms with Crippen molar-refractivity contribution in [1.82, 2.24) is 9.88 Å². The first-order valence-corrected chi connectivity index (χ1v) is 7.04. The minimum atomic E-state index is 0.192. The lowest BCUT2D eigenvalue weighted by atomic mass is 10.1. The number of nitrogens with two attached hydrogens (primary N) is 1. The number of likely N-dealkylation sites (N-methyl/N-ethyl adjacent to an activating group) is 1. The number of benzene rings is 1. The Morgan fingerprint density at radius 1 is 1.26 bits per heavy atom. The van der Waals surface area contributed by atoms with E-state index in [9.17, 15) is 0 Å². The highest BCUT2D eigenvalue weighted by molar-refractivity contribution is 9.10. The molecule has 3 nitrogen and oxygen atoms in total. The minimum absolute atomic E-state index is 0.192. The van der Waals surface area contributed by atoms with Crippen LogP contribution in [-0.2, 0) is 6.54 Å². The van der Waals surface area contributed by atoms with Crippen molar-refractivity contribution in [2.45, 2.75) is 12.6 Å². The Kier molecular flexibility index (Phi) is 5.07. The van der Waals surface area contributed by atoms with Gasteiger partial charge in [0.05, 0.1) is 0 Å². The lowest BCUT2D eigenvalue weighted by Gasteiger charge is -2.27. The highest BCUT2D eigenvalue weighted by atomic mass is 79.9. The maximum atomic E-state index is 5.91. The average molecular weight is 320 g/mol. The van der Waals surface area contributed by atoms with Crippen LogP contribution in [0.5, 0.6) is 0 Å². The quantitative estimate of drug-likeness (QED) is 0.921. The van der Waals surface area contributed by atoms with E-state index < -0.39 is 0 Å². The molecule has 0 aliphatic carbocycles. The number of hydrogen-bond donors (Lipinski definition) is 1. The lowest BCUT2D eigenvalue weighted by molar-refractivity contribution is 0.241. The number of aromatic nitrogens is 1. The molecule has 0 aliphatic heterocycles. The standard InChI is InChI=1S/C15H18BrN3/c1-19(11-12-4-6-14(16)7-5-12)15(9-17)13-3-2-8-18-10-13/h2-8,10,15H,9,11,17H2,1H3. The van der Waals surface area contributed by atoms with Gasteiger partial charge in [0.2, 0.25) is 0 Å². The Bertz CT molecular complexity index is 499. The maximum absolute atomic E-state index is 5.91. The number of hydrogen-bond acceptors (Lipinski definition) is 3. The molecule has 4 heteroatoms. The molecule has 0 radical (unpaired) electrons. The van der Waals surface area contributed by atoms with E-state index in [0.717, 1.165) is 16.6 Å². The third-order valence-corrected chi connectivity index (χ3v) is 3.70. The predicted octanol–water partition coefficient (Wildman–Crippen LogP) is 2.98. The van der Waals surface area contributed by atoms with E-state index in [1.165, 1.54) is 5.56 Å². The summed E-state index contributed by atoms with van der Waals surface area (Å²) in [6, 6.07) is 12.6. The Morgan fingerprint density at radius 2 is 2.00 bits per heavy atom. The van der Waals surface area contributed by atoms with Crippen molar-refractivity contribution < 1.29 is 0 Å². The molecule has 0 aliphatic rings. The van der Waals surface area contributed by atoms with Crippen LogP contribution in [-0.4, -0.2) is 23.5 Å². The van der Waals surface area contributed by atoms with Crippen LogP contribution in [0.25, 0.3) is 0 Å². The van der Waals surface area contributed by atoms with Crippen molar-refractivity contribution in [3.8, 4) is 0 Å². The fourth-order valence-electron chi connectivity index (χ4n) is 2.13. The van der Waals surface area contributed by atoms with Gasteiger partial charge in [0.25, 0.3) is 0 Å². The second-order valence-electron chi connectivity index (χ2n) is 4.58. The van der Waals surface area contributed by atoms with E-state index >= 15 is 0 Å². The van der Waals surface area contributed by atoms with Gasteiger partial charge in [-0.15, -0.1) is 0 Å². The topological polar surface area (TPSA) is 42.1 Å². The molecule has 1 aromatic heterocycles. The Labute approximate surface area is 122 Å². The number of nitrogens with zero attached hydrogens (tertiary/aromatic N) is 2. The van der Waals surface area contributed by atoms with E-state index in [2.05, 4.69) is 63.2 Å². The second-order valence-corrected chi connectivity index (χ2v) is 5.50. The Hall–Kier alpha value is -1.23. The molecule has 2 rings (SSSR count). The van der Waals surface area contributed by atoms with E-state index in [1.54, 1.807) is 6.20 Å². The van der Waals surface area contributed by atoms with Gasteiger partial charge < -0.3 is 5.73 Å². The van der Waals surface area contributed by atoms with Gasteiger partial charge >= 0.3 is 0 Å². The molecule has 0 bridgehead atoms. The number of rotatable bonds is 5. The van der Waals surface area contributed by atoms with Crippen LogP contribution in [0.3, 0.4) is 0 Å². The van der Waals surface area contributed by atoms with Crippen molar-refractivity contribution in [1.29, 1.82) is 0 Å². The van der Waals surface area contributed by atoms with Crippen molar-refractivity contribution in [3.63, 3.8) is 0 Å². The van der Waals surface area contributed by atoms with Crippen molar-refractivity contribution >= 4 is 15.9 Å². The van der Waals surface area contributed by atoms with Gasteiger partial charge in [-0.05, 0) is 36.4 Å². The summed E-state index contributed by atoms with van der Waals surface area (Å²) in [4.78, 5) is 6.42. The van der Waals surface area contributed by atoms with Gasteiger partial charge in [-0.25, -0.2) is 0 Å². The Morgan fingerprint density at radius 3 is 2.58 bits per heavy atom. The van der Waals surface area contributed by atoms with Crippen LogP contribution >= 0.6 is 15.9 Å². The van der Waals surface area contributed by atoms with Crippen LogP contribution < -0.4 is 5.73 Å². The molecular formula is C15H18BrN3. The van der Waals surface area contributed by atoms with E-state index in [1.807, 2.05) is 12.3 Å². The van der Waals surface area contributed by atoms with Gasteiger partial charge in [-0.3, -0.25) is 9.88 Å². The molecule has 19 heavy (non-hydrogen) atoms. The molecule has 0 spiro atoms. The molecule has 0 fully saturated rings. The minimum Gasteiger partial charge on any atom is -0.329 e. The fraction of sp³-hybridized carbons (Fsp3) is 0.267. The van der Waals surface area contributed by atoms with E-state index in [-0.39, 0.29) is 6.04 Å². The predicted molar refractivity (Wildman–Crippen MR) is 81.6 cm³/mol. The van der Waals surface area contributed by atoms with Crippen LogP contribution in [0.15, 0.2) is 53.3 Å². The summed E-state index contributed by atoms with van der Waals surface area (Å²) in [5, 5.41) is 0. The van der Waals surface area contributed by atoms with Gasteiger partial charge in [0, 0.05) is 36.0 Å². The largest absolute Gasteiger partial charge is 0.329 e. The van der Waals surface area contributed by atoms with Crippen LogP contribution in [0.1, 0.15) is 17.2 Å². The number of pyridine rings is 1. The van der Waals surface area contributed by atoms with Crippen molar-refractivity contribution in [2.24, 2.45) is 5.73 Å². The summed E-state index contributed by atoms with van der Waals surface area (Å²) < 4.78 is 1.10. The molecule has 2 aromatic rings. The first kappa shape index (κ1) is 14.2. The van der Waals surface area contributed by atoms with Crippen LogP contribution in [0.2, 0.25) is 0 Å². The first-order valence-electron chi connectivity index (χ1n) is 6.25. The number of halogens is 1. The second kappa shape index (κ2) is 6.80. The molecule has 1 aromatic carbocycles. The van der Waals surface area contributed by atoms with E-state index in [4.69, 9.17) is 5.73 Å². The first-order chi connectivity index (χ1) is 9.20. The SMILES string of the molecule is CN(Cc1ccc(Br)cc1)C(CN)c1cccnc1. The molecule has 1 atom stereocenters. The zero-order chi connectivity index (χ0) is 13.7. The third kappa shape index (κ3) is 3.86. The fourth-order valence-corrected chi connectivity index (χ4v) is 2.40. The monoisotopic (exact) mass is 319 g/mol. The van der Waals surface area contributed by atoms with Crippen molar-refractivity contribution in [3.05, 3.63) is 64.4 Å². The normalized spacial score (nSPS) is 12.6. The van der Waals surface area contributed by atoms with Gasteiger partial charge in [-0.2, -0.15) is 0 Å². The van der Waals surface area contributed by atoms with Crippen molar-refractivity contribution in [2.75, 3.05) is 13.6 Å². The summed E-state index contributed by atoms with van der Waals surface area (Å²) in [5.74, 6) is 0. The summed E-state index contributed by atoms with van der Waals surface area (Å²) in [6.07, 6.45) is 3.67. The summed E-state index contributed by atoms with van der Waals surface area (Å²) in [5.41, 5.74) is 8.33. The highest BCUT2D eigenvalue weighted by Gasteiger charge is 2.15. The zero-order valence-corrected chi connectivity index (χ0v) is 12.5. The third-order valence-electron chi connectivity index (χ3n) is 3.17. The zero-order valence-electron chi connectivity index (χ0n) is 11.0. The maximum Gasteiger partial charge on any atom is 0.0486 e. The highest BCUT2D eigenvalue weighted by Crippen LogP contribution is 2.20. The molecule has 2 N–H and O–H groups in total. The summed E-state index contributed by atoms with van der Waals surface area (Å²) in [6.45, 7) is 1.45. The Balaban J connectivity index is 2.09. The van der Waals surface area contributed by atoms with Crippen LogP contribution in [0, 0.1) is 0 Å². The molecule has 1 unspecified atom stereocenters. The molecule has 0 saturated heterocycles. The molecule has 1 heterocycles. The molecule has 100 valence electrons. The average Bonchev–Trinajstić information content (AvgIpc) is 2.43. The van der Waals surface area contributed by atoms with E-state index in [0.29, 0.717) is 6.54 Å².